The summed E-state index contributed by atoms with van der Waals surface area (Å²) in [6.07, 6.45) is -5.28. The highest BCUT2D eigenvalue weighted by Crippen LogP contribution is 2.30. The third kappa shape index (κ3) is 5.16. The van der Waals surface area contributed by atoms with E-state index in [2.05, 4.69) is 15.3 Å². The maximum Gasteiger partial charge on any atom is 0.434 e. The van der Waals surface area contributed by atoms with E-state index in [4.69, 9.17) is 9.84 Å². The van der Waals surface area contributed by atoms with Crippen molar-refractivity contribution in [1.82, 2.24) is 15.3 Å². The zero-order chi connectivity index (χ0) is 18.4. The van der Waals surface area contributed by atoms with Crippen molar-refractivity contribution in [1.29, 1.82) is 0 Å². The molecule has 0 aliphatic rings. The van der Waals surface area contributed by atoms with Crippen molar-refractivity contribution in [3.63, 3.8) is 0 Å². The maximum atomic E-state index is 12.8. The number of rotatable bonds is 5. The summed E-state index contributed by atoms with van der Waals surface area (Å²) in [5, 5.41) is 10.9. The molecular weight excluding hydrogens is 343 g/mol. The summed E-state index contributed by atoms with van der Waals surface area (Å²) in [5.74, 6) is -2.19. The molecule has 0 fully saturated rings. The van der Waals surface area contributed by atoms with Crippen LogP contribution in [-0.4, -0.2) is 27.1 Å². The van der Waals surface area contributed by atoms with Crippen LogP contribution in [0.2, 0.25) is 0 Å². The van der Waals surface area contributed by atoms with Gasteiger partial charge in [0.05, 0.1) is 6.54 Å². The lowest BCUT2D eigenvalue weighted by Gasteiger charge is -2.11. The number of carboxylic acids is 1. The van der Waals surface area contributed by atoms with E-state index in [1.807, 2.05) is 0 Å². The average Bonchev–Trinajstić information content (AvgIpc) is 2.58. The summed E-state index contributed by atoms with van der Waals surface area (Å²) >= 11 is 0. The molecule has 1 aromatic carbocycles. The predicted molar refractivity (Wildman–Crippen MR) is 77.5 cm³/mol. The third-order valence-corrected chi connectivity index (χ3v) is 2.94. The molecule has 0 radical (unpaired) electrons. The van der Waals surface area contributed by atoms with E-state index in [0.717, 1.165) is 5.56 Å². The molecule has 0 aliphatic heterocycles. The minimum absolute atomic E-state index is 0.0146. The van der Waals surface area contributed by atoms with Crippen molar-refractivity contribution in [2.24, 2.45) is 0 Å². The van der Waals surface area contributed by atoms with Crippen LogP contribution >= 0.6 is 0 Å². The first-order valence-corrected chi connectivity index (χ1v) is 6.88. The number of nitrogens with one attached hydrogen (secondary N) is 1. The number of carboxylic acid groups (broad SMARTS) is 1. The van der Waals surface area contributed by atoms with Crippen molar-refractivity contribution in [2.75, 3.05) is 0 Å². The standard InChI is InChI=1S/C15H12F3N3O4/c16-15(17,18)12-10(13(22)23)6-19-11(21-12)7-20-14(24)25-8-9-4-2-1-3-5-9/h1-6H,7-8H2,(H,20,24)(H,22,23). The zero-order valence-electron chi connectivity index (χ0n) is 12.6. The van der Waals surface area contributed by atoms with Crippen LogP contribution in [-0.2, 0) is 24.1 Å². The molecule has 2 N–H and O–H groups in total. The Bertz CT molecular complexity index is 766. The molecule has 0 saturated heterocycles. The van der Waals surface area contributed by atoms with Gasteiger partial charge < -0.3 is 15.2 Å². The van der Waals surface area contributed by atoms with Crippen LogP contribution in [0.3, 0.4) is 0 Å². The van der Waals surface area contributed by atoms with Crippen molar-refractivity contribution in [3.8, 4) is 0 Å². The molecule has 1 heterocycles. The molecule has 132 valence electrons. The topological polar surface area (TPSA) is 101 Å². The summed E-state index contributed by atoms with van der Waals surface area (Å²) in [7, 11) is 0. The number of aromatic nitrogens is 2. The first kappa shape index (κ1) is 18.2. The van der Waals surface area contributed by atoms with Gasteiger partial charge in [0.25, 0.3) is 0 Å². The number of carbonyl (C=O) groups excluding carboxylic acids is 1. The van der Waals surface area contributed by atoms with Gasteiger partial charge in [-0.3, -0.25) is 0 Å². The zero-order valence-corrected chi connectivity index (χ0v) is 12.6. The predicted octanol–water partition coefficient (Wildman–Crippen LogP) is 2.62. The molecule has 0 atom stereocenters. The number of amides is 1. The van der Waals surface area contributed by atoms with Gasteiger partial charge in [-0.2, -0.15) is 13.2 Å². The van der Waals surface area contributed by atoms with Crippen LogP contribution < -0.4 is 5.32 Å². The van der Waals surface area contributed by atoms with E-state index in [9.17, 15) is 22.8 Å². The highest BCUT2D eigenvalue weighted by Gasteiger charge is 2.38. The van der Waals surface area contributed by atoms with Crippen LogP contribution in [0.25, 0.3) is 0 Å². The number of aromatic carboxylic acids is 1. The van der Waals surface area contributed by atoms with Crippen LogP contribution in [0.5, 0.6) is 0 Å². The lowest BCUT2D eigenvalue weighted by Crippen LogP contribution is -2.26. The summed E-state index contributed by atoms with van der Waals surface area (Å²) in [5.41, 5.74) is -1.91. The molecule has 1 amide bonds. The second-order valence-electron chi connectivity index (χ2n) is 4.77. The van der Waals surface area contributed by atoms with Crippen LogP contribution in [0, 0.1) is 0 Å². The Kier molecular flexibility index (Phi) is 5.52. The molecule has 10 heteroatoms. The molecular formula is C15H12F3N3O4. The SMILES string of the molecule is O=C(NCc1ncc(C(=O)O)c(C(F)(F)F)n1)OCc1ccccc1. The molecule has 0 unspecified atom stereocenters. The summed E-state index contributed by atoms with van der Waals surface area (Å²) in [6.45, 7) is -0.462. The average molecular weight is 355 g/mol. The molecule has 1 aromatic heterocycles. The second kappa shape index (κ2) is 7.60. The van der Waals surface area contributed by atoms with Gasteiger partial charge in [0.15, 0.2) is 5.69 Å². The Morgan fingerprint density at radius 1 is 1.20 bits per heavy atom. The number of carbonyl (C=O) groups is 2. The van der Waals surface area contributed by atoms with Crippen LogP contribution in [0.1, 0.15) is 27.4 Å². The number of ether oxygens (including phenoxy) is 1. The fraction of sp³-hybridized carbons (Fsp3) is 0.200. The molecule has 0 bridgehead atoms. The molecule has 0 spiro atoms. The summed E-state index contributed by atoms with van der Waals surface area (Å²) in [6, 6.07) is 8.77. The molecule has 25 heavy (non-hydrogen) atoms. The number of benzene rings is 1. The fourth-order valence-electron chi connectivity index (χ4n) is 1.80. The van der Waals surface area contributed by atoms with E-state index in [1.54, 1.807) is 30.3 Å². The van der Waals surface area contributed by atoms with Crippen LogP contribution in [0.15, 0.2) is 36.5 Å². The van der Waals surface area contributed by atoms with Gasteiger partial charge in [-0.25, -0.2) is 19.6 Å². The number of nitrogens with zero attached hydrogens (tertiary/aromatic N) is 2. The molecule has 0 saturated carbocycles. The highest BCUT2D eigenvalue weighted by atomic mass is 19.4. The van der Waals surface area contributed by atoms with Gasteiger partial charge in [0, 0.05) is 6.20 Å². The quantitative estimate of drug-likeness (QED) is 0.855. The fourth-order valence-corrected chi connectivity index (χ4v) is 1.80. The number of alkyl carbamates (subject to hydrolysis) is 1. The smallest absolute Gasteiger partial charge is 0.434 e. The van der Waals surface area contributed by atoms with E-state index in [1.165, 1.54) is 0 Å². The lowest BCUT2D eigenvalue weighted by molar-refractivity contribution is -0.141. The minimum atomic E-state index is -4.96. The first-order chi connectivity index (χ1) is 11.8. The molecule has 2 rings (SSSR count). The first-order valence-electron chi connectivity index (χ1n) is 6.88. The Morgan fingerprint density at radius 2 is 1.88 bits per heavy atom. The minimum Gasteiger partial charge on any atom is -0.478 e. The molecule has 7 nitrogen and oxygen atoms in total. The van der Waals surface area contributed by atoms with Crippen molar-refractivity contribution in [2.45, 2.75) is 19.3 Å². The van der Waals surface area contributed by atoms with Gasteiger partial charge in [-0.05, 0) is 5.56 Å². The highest BCUT2D eigenvalue weighted by molar-refractivity contribution is 5.88. The van der Waals surface area contributed by atoms with Gasteiger partial charge in [-0.1, -0.05) is 30.3 Å². The van der Waals surface area contributed by atoms with Gasteiger partial charge >= 0.3 is 18.2 Å². The number of alkyl halides is 3. The summed E-state index contributed by atoms with van der Waals surface area (Å²) < 4.78 is 43.4. The Balaban J connectivity index is 1.98. The molecule has 0 aliphatic carbocycles. The van der Waals surface area contributed by atoms with E-state index in [-0.39, 0.29) is 6.61 Å². The van der Waals surface area contributed by atoms with Crippen LogP contribution in [0.4, 0.5) is 18.0 Å². The van der Waals surface area contributed by atoms with E-state index < -0.39 is 41.9 Å². The van der Waals surface area contributed by atoms with Gasteiger partial charge in [-0.15, -0.1) is 0 Å². The van der Waals surface area contributed by atoms with E-state index in [0.29, 0.717) is 6.20 Å². The van der Waals surface area contributed by atoms with Crippen molar-refractivity contribution >= 4 is 12.1 Å². The third-order valence-electron chi connectivity index (χ3n) is 2.94. The summed E-state index contributed by atoms with van der Waals surface area (Å²) in [4.78, 5) is 29.0. The van der Waals surface area contributed by atoms with E-state index >= 15 is 0 Å². The number of hydrogen-bond acceptors (Lipinski definition) is 5. The second-order valence-corrected chi connectivity index (χ2v) is 4.77. The van der Waals surface area contributed by atoms with Gasteiger partial charge in [0.1, 0.15) is 18.0 Å². The number of hydrogen-bond donors (Lipinski definition) is 2. The van der Waals surface area contributed by atoms with Crippen molar-refractivity contribution in [3.05, 3.63) is 59.2 Å². The monoisotopic (exact) mass is 355 g/mol. The lowest BCUT2D eigenvalue weighted by atomic mass is 10.2. The Labute approximate surface area is 139 Å². The van der Waals surface area contributed by atoms with Crippen molar-refractivity contribution < 1.29 is 32.6 Å². The normalized spacial score (nSPS) is 11.0. The largest absolute Gasteiger partial charge is 0.478 e. The molecule has 2 aromatic rings. The number of halogens is 3. The maximum absolute atomic E-state index is 12.8. The Hall–Kier alpha value is -3.17. The van der Waals surface area contributed by atoms with Gasteiger partial charge in [0.2, 0.25) is 0 Å². The Morgan fingerprint density at radius 3 is 2.48 bits per heavy atom.